The molecule has 2 aliphatic rings. The van der Waals surface area contributed by atoms with Gasteiger partial charge in [0, 0.05) is 16.7 Å². The molecule has 0 saturated carbocycles. The molecule has 29 heavy (non-hydrogen) atoms. The predicted molar refractivity (Wildman–Crippen MR) is 107 cm³/mol. The number of fused-ring (bicyclic) bond motifs is 3. The van der Waals surface area contributed by atoms with Crippen molar-refractivity contribution in [2.24, 2.45) is 0 Å². The molecular formula is C23H12ClNO4. The van der Waals surface area contributed by atoms with Crippen LogP contribution in [0.5, 0.6) is 0 Å². The summed E-state index contributed by atoms with van der Waals surface area (Å²) in [7, 11) is 0. The van der Waals surface area contributed by atoms with Crippen molar-refractivity contribution in [1.82, 2.24) is 0 Å². The Kier molecular flexibility index (Phi) is 3.60. The van der Waals surface area contributed by atoms with Crippen molar-refractivity contribution in [2.45, 2.75) is 6.92 Å². The summed E-state index contributed by atoms with van der Waals surface area (Å²) in [6.07, 6.45) is 0. The van der Waals surface area contributed by atoms with E-state index in [4.69, 9.17) is 11.6 Å². The van der Waals surface area contributed by atoms with Crippen LogP contribution >= 0.6 is 11.6 Å². The Bertz CT molecular complexity index is 1270. The number of imide groups is 1. The Balaban J connectivity index is 1.75. The summed E-state index contributed by atoms with van der Waals surface area (Å²) in [5, 5.41) is -0.0673. The minimum atomic E-state index is -0.509. The zero-order chi connectivity index (χ0) is 20.4. The van der Waals surface area contributed by atoms with Gasteiger partial charge in [0.1, 0.15) is 0 Å². The standard InChI is InChI=1S/C23H12ClNO4/c1-11-10-16-17(21(27)13-7-3-2-6-12(13)20(16)26)18(24)19(11)25-22(28)14-8-4-5-9-15(14)23(25)29/h2-10H,1H3. The molecule has 0 unspecified atom stereocenters. The monoisotopic (exact) mass is 401 g/mol. The number of carbonyl (C=O) groups is 4. The summed E-state index contributed by atoms with van der Waals surface area (Å²) in [6.45, 7) is 1.66. The van der Waals surface area contributed by atoms with Crippen molar-refractivity contribution in [3.63, 3.8) is 0 Å². The third kappa shape index (κ3) is 2.22. The molecule has 1 aliphatic heterocycles. The molecule has 5 rings (SSSR count). The van der Waals surface area contributed by atoms with E-state index in [1.807, 2.05) is 0 Å². The molecule has 0 spiro atoms. The summed E-state index contributed by atoms with van der Waals surface area (Å²) >= 11 is 6.59. The molecule has 140 valence electrons. The zero-order valence-electron chi connectivity index (χ0n) is 15.2. The van der Waals surface area contributed by atoms with Crippen molar-refractivity contribution in [2.75, 3.05) is 4.90 Å². The third-order valence-corrected chi connectivity index (χ3v) is 5.70. The third-order valence-electron chi connectivity index (χ3n) is 5.34. The van der Waals surface area contributed by atoms with Gasteiger partial charge in [-0.25, -0.2) is 4.90 Å². The molecular weight excluding hydrogens is 390 g/mol. The molecule has 0 aromatic heterocycles. The molecule has 2 amide bonds. The van der Waals surface area contributed by atoms with Crippen molar-refractivity contribution in [3.8, 4) is 0 Å². The van der Waals surface area contributed by atoms with Crippen LogP contribution < -0.4 is 4.90 Å². The van der Waals surface area contributed by atoms with E-state index >= 15 is 0 Å². The maximum Gasteiger partial charge on any atom is 0.266 e. The second-order valence-corrected chi connectivity index (χ2v) is 7.35. The first-order valence-electron chi connectivity index (χ1n) is 8.91. The van der Waals surface area contributed by atoms with Gasteiger partial charge in [0.2, 0.25) is 0 Å². The molecule has 0 atom stereocenters. The Labute approximate surface area is 170 Å². The van der Waals surface area contributed by atoms with Gasteiger partial charge in [-0.05, 0) is 30.7 Å². The Hall–Kier alpha value is -3.57. The first-order chi connectivity index (χ1) is 13.9. The van der Waals surface area contributed by atoms with Gasteiger partial charge in [0.15, 0.2) is 11.6 Å². The van der Waals surface area contributed by atoms with E-state index in [1.165, 1.54) is 6.07 Å². The number of carbonyl (C=O) groups excluding carboxylic acids is 4. The molecule has 3 aromatic rings. The number of benzene rings is 3. The normalized spacial score (nSPS) is 14.8. The van der Waals surface area contributed by atoms with E-state index in [9.17, 15) is 19.2 Å². The lowest BCUT2D eigenvalue weighted by Crippen LogP contribution is -2.32. The number of rotatable bonds is 1. The Morgan fingerprint density at radius 3 is 1.72 bits per heavy atom. The maximum absolute atomic E-state index is 13.1. The minimum Gasteiger partial charge on any atom is -0.289 e. The van der Waals surface area contributed by atoms with E-state index in [0.29, 0.717) is 11.1 Å². The average Bonchev–Trinajstić information content (AvgIpc) is 2.97. The van der Waals surface area contributed by atoms with E-state index in [-0.39, 0.29) is 44.3 Å². The number of nitrogens with zero attached hydrogens (tertiary/aromatic N) is 1. The lowest BCUT2D eigenvalue weighted by atomic mass is 9.83. The van der Waals surface area contributed by atoms with Gasteiger partial charge < -0.3 is 0 Å². The molecule has 1 aliphatic carbocycles. The van der Waals surface area contributed by atoms with E-state index < -0.39 is 17.6 Å². The maximum atomic E-state index is 13.1. The van der Waals surface area contributed by atoms with Crippen LogP contribution in [0, 0.1) is 6.92 Å². The van der Waals surface area contributed by atoms with Gasteiger partial charge in [0.25, 0.3) is 11.8 Å². The highest BCUT2D eigenvalue weighted by Gasteiger charge is 2.41. The number of halogens is 1. The quantitative estimate of drug-likeness (QED) is 0.447. The number of ketones is 2. The van der Waals surface area contributed by atoms with Gasteiger partial charge in [-0.1, -0.05) is 48.0 Å². The van der Waals surface area contributed by atoms with Crippen LogP contribution in [0.25, 0.3) is 0 Å². The first kappa shape index (κ1) is 17.5. The molecule has 0 saturated heterocycles. The van der Waals surface area contributed by atoms with E-state index in [1.54, 1.807) is 55.5 Å². The summed E-state index contributed by atoms with van der Waals surface area (Å²) in [4.78, 5) is 52.9. The number of hydrogen-bond donors (Lipinski definition) is 0. The largest absolute Gasteiger partial charge is 0.289 e. The van der Waals surface area contributed by atoms with Gasteiger partial charge in [-0.15, -0.1) is 0 Å². The highest BCUT2D eigenvalue weighted by atomic mass is 35.5. The van der Waals surface area contributed by atoms with Crippen LogP contribution in [0.2, 0.25) is 5.02 Å². The summed E-state index contributed by atoms with van der Waals surface area (Å²) in [6, 6.07) is 14.5. The molecule has 1 heterocycles. The van der Waals surface area contributed by atoms with Crippen molar-refractivity contribution in [1.29, 1.82) is 0 Å². The predicted octanol–water partition coefficient (Wildman–Crippen LogP) is 4.22. The Morgan fingerprint density at radius 1 is 0.690 bits per heavy atom. The molecule has 0 radical (unpaired) electrons. The van der Waals surface area contributed by atoms with Crippen LogP contribution in [0.1, 0.15) is 58.1 Å². The smallest absolute Gasteiger partial charge is 0.266 e. The molecule has 3 aromatic carbocycles. The number of amides is 2. The molecule has 6 heteroatoms. The van der Waals surface area contributed by atoms with Crippen LogP contribution in [0.4, 0.5) is 5.69 Å². The SMILES string of the molecule is Cc1cc2c(c(Cl)c1N1C(=O)c3ccccc3C1=O)C(=O)c1ccccc1C2=O. The van der Waals surface area contributed by atoms with Crippen LogP contribution in [-0.4, -0.2) is 23.4 Å². The number of hydrogen-bond acceptors (Lipinski definition) is 4. The summed E-state index contributed by atoms with van der Waals surface area (Å²) < 4.78 is 0. The lowest BCUT2D eigenvalue weighted by Gasteiger charge is -2.24. The average molecular weight is 402 g/mol. The van der Waals surface area contributed by atoms with Gasteiger partial charge in [0.05, 0.1) is 27.4 Å². The first-order valence-corrected chi connectivity index (χ1v) is 9.29. The van der Waals surface area contributed by atoms with Crippen molar-refractivity contribution >= 4 is 40.7 Å². The molecule has 0 N–H and O–H groups in total. The molecule has 5 nitrogen and oxygen atoms in total. The van der Waals surface area contributed by atoms with Gasteiger partial charge >= 0.3 is 0 Å². The fraction of sp³-hybridized carbons (Fsp3) is 0.0435. The van der Waals surface area contributed by atoms with E-state index in [0.717, 1.165) is 4.90 Å². The number of anilines is 1. The van der Waals surface area contributed by atoms with Crippen LogP contribution in [0.3, 0.4) is 0 Å². The van der Waals surface area contributed by atoms with Gasteiger partial charge in [-0.2, -0.15) is 0 Å². The topological polar surface area (TPSA) is 71.5 Å². The second-order valence-electron chi connectivity index (χ2n) is 6.97. The minimum absolute atomic E-state index is 0.0209. The van der Waals surface area contributed by atoms with Gasteiger partial charge in [-0.3, -0.25) is 19.2 Å². The second kappa shape index (κ2) is 5.96. The fourth-order valence-corrected chi connectivity index (χ4v) is 4.41. The Morgan fingerprint density at radius 2 is 1.17 bits per heavy atom. The van der Waals surface area contributed by atoms with Crippen LogP contribution in [-0.2, 0) is 0 Å². The van der Waals surface area contributed by atoms with Crippen molar-refractivity contribution in [3.05, 3.63) is 98.6 Å². The zero-order valence-corrected chi connectivity index (χ0v) is 15.9. The number of aryl methyl sites for hydroxylation is 1. The van der Waals surface area contributed by atoms with E-state index in [2.05, 4.69) is 0 Å². The fourth-order valence-electron chi connectivity index (χ4n) is 3.99. The van der Waals surface area contributed by atoms with Crippen molar-refractivity contribution < 1.29 is 19.2 Å². The highest BCUT2D eigenvalue weighted by Crippen LogP contribution is 2.42. The van der Waals surface area contributed by atoms with Crippen LogP contribution in [0.15, 0.2) is 54.6 Å². The summed E-state index contributed by atoms with van der Waals surface area (Å²) in [5.41, 5.74) is 1.92. The lowest BCUT2D eigenvalue weighted by molar-refractivity contribution is 0.0924. The summed E-state index contributed by atoms with van der Waals surface area (Å²) in [5.74, 6) is -1.73. The molecule has 0 fully saturated rings. The molecule has 0 bridgehead atoms. The highest BCUT2D eigenvalue weighted by molar-refractivity contribution is 6.44.